The Kier molecular flexibility index (Phi) is 9.28. The summed E-state index contributed by atoms with van der Waals surface area (Å²) in [6.07, 6.45) is 3.24. The molecule has 4 N–H and O–H groups in total. The van der Waals surface area contributed by atoms with E-state index in [0.717, 1.165) is 63.9 Å². The normalized spacial score (nSPS) is 19.9. The molecule has 10 nitrogen and oxygen atoms in total. The molecule has 1 fully saturated rings. The van der Waals surface area contributed by atoms with Crippen LogP contribution in [0.3, 0.4) is 0 Å². The number of nitrogens with one attached hydrogen (secondary N) is 1. The highest BCUT2D eigenvalue weighted by molar-refractivity contribution is 8.15. The van der Waals surface area contributed by atoms with E-state index in [0.29, 0.717) is 30.9 Å². The van der Waals surface area contributed by atoms with E-state index in [1.54, 1.807) is 0 Å². The first kappa shape index (κ1) is 29.6. The summed E-state index contributed by atoms with van der Waals surface area (Å²) in [5, 5.41) is 27.6. The van der Waals surface area contributed by atoms with Gasteiger partial charge in [-0.15, -0.1) is 0 Å². The first-order valence-corrected chi connectivity index (χ1v) is 13.1. The number of rotatable bonds is 7. The number of aromatic hydroxyl groups is 1. The highest BCUT2D eigenvalue weighted by Crippen LogP contribution is 2.43. The first-order valence-electron chi connectivity index (χ1n) is 12.2. The van der Waals surface area contributed by atoms with Gasteiger partial charge in [0.05, 0.1) is 5.25 Å². The number of aliphatic carboxylic acids is 2. The Morgan fingerprint density at radius 2 is 1.69 bits per heavy atom. The predicted octanol–water partition coefficient (Wildman–Crippen LogP) is 4.09. The number of hydrogen-bond donors (Lipinski definition) is 4. The molecule has 208 valence electrons. The number of thioether (sulfide) groups is 1. The van der Waals surface area contributed by atoms with Crippen molar-refractivity contribution in [1.29, 1.82) is 0 Å². The molecule has 11 heteroatoms. The molecular weight excluding hydrogens is 526 g/mol. The molecule has 2 aromatic rings. The van der Waals surface area contributed by atoms with E-state index in [1.807, 2.05) is 52.0 Å². The van der Waals surface area contributed by atoms with Gasteiger partial charge < -0.3 is 24.8 Å². The van der Waals surface area contributed by atoms with Crippen LogP contribution in [0, 0.1) is 20.8 Å². The van der Waals surface area contributed by atoms with Gasteiger partial charge in [-0.05, 0) is 81.3 Å². The Balaban J connectivity index is 0.000000459. The number of phenolic OH excluding ortho intramolecular Hbond substituents is 1. The van der Waals surface area contributed by atoms with E-state index >= 15 is 0 Å². The number of fused-ring (bicyclic) bond motifs is 1. The zero-order valence-electron chi connectivity index (χ0n) is 22.1. The van der Waals surface area contributed by atoms with Gasteiger partial charge in [0.15, 0.2) is 0 Å². The van der Waals surface area contributed by atoms with Crippen LogP contribution in [0.1, 0.15) is 41.2 Å². The van der Waals surface area contributed by atoms with Crippen LogP contribution in [0.5, 0.6) is 17.2 Å². The van der Waals surface area contributed by atoms with Crippen LogP contribution in [0.25, 0.3) is 0 Å². The van der Waals surface area contributed by atoms with Gasteiger partial charge in [-0.3, -0.25) is 14.9 Å². The fourth-order valence-corrected chi connectivity index (χ4v) is 5.10. The lowest BCUT2D eigenvalue weighted by Crippen LogP contribution is -2.42. The number of ether oxygens (including phenoxy) is 2. The van der Waals surface area contributed by atoms with Crippen LogP contribution in [-0.2, 0) is 27.2 Å². The first-order chi connectivity index (χ1) is 18.3. The van der Waals surface area contributed by atoms with E-state index in [-0.39, 0.29) is 16.4 Å². The largest absolute Gasteiger partial charge is 0.507 e. The number of imide groups is 1. The van der Waals surface area contributed by atoms with Gasteiger partial charge in [0.1, 0.15) is 29.5 Å². The third-order valence-corrected chi connectivity index (χ3v) is 7.60. The van der Waals surface area contributed by atoms with Gasteiger partial charge >= 0.3 is 11.9 Å². The maximum absolute atomic E-state index is 11.7. The van der Waals surface area contributed by atoms with Crippen LogP contribution in [0.15, 0.2) is 36.4 Å². The fourth-order valence-electron chi connectivity index (χ4n) is 4.24. The van der Waals surface area contributed by atoms with Gasteiger partial charge in [0.25, 0.3) is 5.24 Å². The molecule has 2 aliphatic rings. The number of amides is 2. The fraction of sp³-hybridized carbons (Fsp3) is 0.357. The molecule has 0 bridgehead atoms. The minimum atomic E-state index is -1.26. The van der Waals surface area contributed by atoms with E-state index in [1.165, 1.54) is 0 Å². The minimum Gasteiger partial charge on any atom is -0.507 e. The van der Waals surface area contributed by atoms with E-state index < -0.39 is 17.5 Å². The Morgan fingerprint density at radius 3 is 2.23 bits per heavy atom. The maximum atomic E-state index is 11.7. The minimum absolute atomic E-state index is 0.230. The van der Waals surface area contributed by atoms with Crippen molar-refractivity contribution >= 4 is 34.8 Å². The van der Waals surface area contributed by atoms with Crippen LogP contribution >= 0.6 is 11.8 Å². The summed E-state index contributed by atoms with van der Waals surface area (Å²) in [6, 6.07) is 7.61. The van der Waals surface area contributed by atoms with Crippen molar-refractivity contribution in [3.8, 4) is 17.2 Å². The lowest BCUT2D eigenvalue weighted by molar-refractivity contribution is -0.134. The number of carboxylic acid groups (broad SMARTS) is 2. The van der Waals surface area contributed by atoms with Crippen LogP contribution in [0.2, 0.25) is 0 Å². The molecule has 2 atom stereocenters. The van der Waals surface area contributed by atoms with Crippen LogP contribution in [-0.4, -0.2) is 55.9 Å². The average Bonchev–Trinajstić information content (AvgIpc) is 3.21. The van der Waals surface area contributed by atoms with Crippen molar-refractivity contribution in [3.05, 3.63) is 64.2 Å². The number of benzene rings is 2. The molecule has 1 saturated heterocycles. The lowest BCUT2D eigenvalue weighted by Gasteiger charge is -2.37. The highest BCUT2D eigenvalue weighted by Gasteiger charge is 2.35. The second kappa shape index (κ2) is 12.2. The molecule has 2 unspecified atom stereocenters. The molecule has 0 aliphatic carbocycles. The number of carbonyl (C=O) groups excluding carboxylic acids is 2. The third-order valence-electron chi connectivity index (χ3n) is 6.62. The summed E-state index contributed by atoms with van der Waals surface area (Å²) in [6.45, 7) is 8.28. The molecule has 0 spiro atoms. The summed E-state index contributed by atoms with van der Waals surface area (Å²) in [4.78, 5) is 42.2. The maximum Gasteiger partial charge on any atom is 0.328 e. The Hall–Kier alpha value is -3.99. The van der Waals surface area contributed by atoms with Crippen LogP contribution in [0.4, 0.5) is 4.79 Å². The quantitative estimate of drug-likeness (QED) is 0.365. The number of hydrogen-bond acceptors (Lipinski definition) is 8. The van der Waals surface area contributed by atoms with Crippen LogP contribution < -0.4 is 14.8 Å². The highest BCUT2D eigenvalue weighted by atomic mass is 32.2. The monoisotopic (exact) mass is 557 g/mol. The van der Waals surface area contributed by atoms with Gasteiger partial charge in [-0.2, -0.15) is 0 Å². The van der Waals surface area contributed by atoms with E-state index in [9.17, 15) is 24.3 Å². The molecule has 2 aliphatic heterocycles. The summed E-state index contributed by atoms with van der Waals surface area (Å²) < 4.78 is 12.4. The van der Waals surface area contributed by atoms with Crippen molar-refractivity contribution in [2.24, 2.45) is 0 Å². The number of carbonyl (C=O) groups is 4. The summed E-state index contributed by atoms with van der Waals surface area (Å²) in [5.74, 6) is -0.791. The second-order valence-corrected chi connectivity index (χ2v) is 10.8. The Morgan fingerprint density at radius 1 is 1.08 bits per heavy atom. The van der Waals surface area contributed by atoms with Gasteiger partial charge in [-0.25, -0.2) is 9.59 Å². The molecule has 0 radical (unpaired) electrons. The van der Waals surface area contributed by atoms with Gasteiger partial charge in [0, 0.05) is 17.7 Å². The Bertz CT molecular complexity index is 1300. The Labute approximate surface area is 230 Å². The van der Waals surface area contributed by atoms with E-state index in [2.05, 4.69) is 5.32 Å². The number of phenols is 1. The van der Waals surface area contributed by atoms with E-state index in [4.69, 9.17) is 19.7 Å². The van der Waals surface area contributed by atoms with Crippen molar-refractivity contribution < 1.29 is 44.0 Å². The lowest BCUT2D eigenvalue weighted by atomic mass is 9.87. The molecule has 2 heterocycles. The van der Waals surface area contributed by atoms with Crippen molar-refractivity contribution in [2.45, 2.75) is 57.8 Å². The zero-order chi connectivity index (χ0) is 28.9. The molecule has 2 amide bonds. The standard InChI is InChI=1S/C24H27NO5S.C4H4O4/c1-13-14(2)21-18(15(3)20(13)26)9-10-24(4,30-21)12-29-17-7-5-16(6-8-17)11-19-22(27)25-23(28)31-19;5-3(6)1-2-4(7)8/h5-8,19,26H,9-12H2,1-4H3,(H,25,27,28);1-2H,(H,5,6)(H,7,8). The smallest absolute Gasteiger partial charge is 0.328 e. The van der Waals surface area contributed by atoms with Gasteiger partial charge in [0.2, 0.25) is 5.91 Å². The molecule has 39 heavy (non-hydrogen) atoms. The van der Waals surface area contributed by atoms with Crippen molar-refractivity contribution in [3.63, 3.8) is 0 Å². The molecule has 2 aromatic carbocycles. The van der Waals surface area contributed by atoms with Crippen molar-refractivity contribution in [2.75, 3.05) is 6.61 Å². The average molecular weight is 558 g/mol. The SMILES string of the molecule is Cc1c(C)c2c(c(C)c1O)CCC(C)(COc1ccc(CC3SC(=O)NC3=O)cc1)O2.O=C(O)C=CC(=O)O. The molecule has 0 saturated carbocycles. The summed E-state index contributed by atoms with van der Waals surface area (Å²) in [5.41, 5.74) is 4.31. The number of carboxylic acids is 2. The van der Waals surface area contributed by atoms with Gasteiger partial charge in [-0.1, -0.05) is 23.9 Å². The zero-order valence-corrected chi connectivity index (χ0v) is 22.9. The van der Waals surface area contributed by atoms with Crippen molar-refractivity contribution in [1.82, 2.24) is 5.32 Å². The summed E-state index contributed by atoms with van der Waals surface area (Å²) in [7, 11) is 0. The third kappa shape index (κ3) is 7.53. The summed E-state index contributed by atoms with van der Waals surface area (Å²) >= 11 is 1.04. The predicted molar refractivity (Wildman–Crippen MR) is 145 cm³/mol. The molecular formula is C28H31NO9S. The molecule has 0 aromatic heterocycles. The topological polar surface area (TPSA) is 159 Å². The molecule has 4 rings (SSSR count). The second-order valence-electron chi connectivity index (χ2n) is 9.61.